The van der Waals surface area contributed by atoms with Gasteiger partial charge in [0, 0.05) is 18.0 Å². The summed E-state index contributed by atoms with van der Waals surface area (Å²) in [4.78, 5) is 15.9. The Labute approximate surface area is 140 Å². The Hall–Kier alpha value is -1.14. The molecule has 21 heavy (non-hydrogen) atoms. The predicted octanol–water partition coefficient (Wildman–Crippen LogP) is 2.60. The van der Waals surface area contributed by atoms with Crippen molar-refractivity contribution in [1.29, 1.82) is 0 Å². The van der Waals surface area contributed by atoms with Gasteiger partial charge >= 0.3 is 0 Å². The SMILES string of the molecule is Cl.Cl.O=C(NCC1NCCc2ccccc21)c1cscn1. The molecule has 0 radical (unpaired) electrons. The van der Waals surface area contributed by atoms with Crippen LogP contribution in [0.4, 0.5) is 0 Å². The maximum Gasteiger partial charge on any atom is 0.270 e. The highest BCUT2D eigenvalue weighted by molar-refractivity contribution is 7.07. The summed E-state index contributed by atoms with van der Waals surface area (Å²) < 4.78 is 0. The molecule has 114 valence electrons. The standard InChI is InChI=1S/C14H15N3OS.2ClH/c18-14(13-8-19-9-17-13)16-7-12-11-4-2-1-3-10(11)5-6-15-12;;/h1-4,8-9,12,15H,5-7H2,(H,16,18);2*1H. The van der Waals surface area contributed by atoms with Gasteiger partial charge in [-0.1, -0.05) is 24.3 Å². The molecule has 0 fully saturated rings. The number of aromatic nitrogens is 1. The lowest BCUT2D eigenvalue weighted by Gasteiger charge is -2.27. The number of nitrogens with zero attached hydrogens (tertiary/aromatic N) is 1. The molecule has 7 heteroatoms. The molecule has 0 spiro atoms. The first kappa shape index (κ1) is 17.9. The molecule has 1 atom stereocenters. The smallest absolute Gasteiger partial charge is 0.270 e. The molecular weight excluding hydrogens is 329 g/mol. The molecule has 4 nitrogen and oxygen atoms in total. The Kier molecular flexibility index (Phi) is 7.11. The third-order valence-corrected chi connectivity index (χ3v) is 3.93. The topological polar surface area (TPSA) is 54.0 Å². The number of amides is 1. The second kappa shape index (κ2) is 8.34. The molecule has 0 aliphatic carbocycles. The van der Waals surface area contributed by atoms with Gasteiger partial charge in [0.1, 0.15) is 5.69 Å². The predicted molar refractivity (Wildman–Crippen MR) is 89.8 cm³/mol. The van der Waals surface area contributed by atoms with Crippen molar-refractivity contribution in [1.82, 2.24) is 15.6 Å². The molecule has 0 bridgehead atoms. The van der Waals surface area contributed by atoms with Gasteiger partial charge in [-0.05, 0) is 24.1 Å². The van der Waals surface area contributed by atoms with Gasteiger partial charge in [-0.25, -0.2) is 4.98 Å². The first-order valence-corrected chi connectivity index (χ1v) is 7.26. The second-order valence-electron chi connectivity index (χ2n) is 4.54. The normalized spacial score (nSPS) is 16.1. The first-order valence-electron chi connectivity index (χ1n) is 6.32. The zero-order chi connectivity index (χ0) is 13.1. The Morgan fingerprint density at radius 1 is 1.38 bits per heavy atom. The van der Waals surface area contributed by atoms with E-state index < -0.39 is 0 Å². The van der Waals surface area contributed by atoms with Gasteiger partial charge in [0.25, 0.3) is 5.91 Å². The average molecular weight is 346 g/mol. The van der Waals surface area contributed by atoms with Crippen LogP contribution in [0.5, 0.6) is 0 Å². The minimum Gasteiger partial charge on any atom is -0.349 e. The van der Waals surface area contributed by atoms with Crippen LogP contribution < -0.4 is 10.6 Å². The summed E-state index contributed by atoms with van der Waals surface area (Å²) in [5, 5.41) is 8.14. The van der Waals surface area contributed by atoms with E-state index in [0.717, 1.165) is 13.0 Å². The number of rotatable bonds is 3. The lowest BCUT2D eigenvalue weighted by molar-refractivity contribution is 0.0945. The van der Waals surface area contributed by atoms with Crippen LogP contribution in [0.25, 0.3) is 0 Å². The number of thiazole rings is 1. The van der Waals surface area contributed by atoms with Crippen LogP contribution in [0.2, 0.25) is 0 Å². The molecule has 2 heterocycles. The van der Waals surface area contributed by atoms with E-state index in [1.165, 1.54) is 22.5 Å². The van der Waals surface area contributed by atoms with Crippen LogP contribution in [0.15, 0.2) is 35.2 Å². The minimum absolute atomic E-state index is 0. The zero-order valence-electron chi connectivity index (χ0n) is 11.2. The van der Waals surface area contributed by atoms with E-state index in [-0.39, 0.29) is 36.8 Å². The fraction of sp³-hybridized carbons (Fsp3) is 0.286. The van der Waals surface area contributed by atoms with Crippen LogP contribution in [-0.4, -0.2) is 24.0 Å². The van der Waals surface area contributed by atoms with E-state index in [2.05, 4.69) is 33.8 Å². The van der Waals surface area contributed by atoms with Gasteiger partial charge in [-0.15, -0.1) is 36.2 Å². The van der Waals surface area contributed by atoms with Crippen molar-refractivity contribution in [3.8, 4) is 0 Å². The van der Waals surface area contributed by atoms with Gasteiger partial charge in [0.15, 0.2) is 0 Å². The Morgan fingerprint density at radius 2 is 2.19 bits per heavy atom. The Morgan fingerprint density at radius 3 is 2.95 bits per heavy atom. The molecule has 2 aromatic rings. The van der Waals surface area contributed by atoms with E-state index in [1.54, 1.807) is 10.9 Å². The number of halogens is 2. The summed E-state index contributed by atoms with van der Waals surface area (Å²) in [7, 11) is 0. The number of nitrogens with one attached hydrogen (secondary N) is 2. The van der Waals surface area contributed by atoms with Gasteiger partial charge in [-0.2, -0.15) is 0 Å². The molecule has 1 unspecified atom stereocenters. The van der Waals surface area contributed by atoms with Crippen molar-refractivity contribution in [2.24, 2.45) is 0 Å². The van der Waals surface area contributed by atoms with Gasteiger partial charge in [-0.3, -0.25) is 4.79 Å². The van der Waals surface area contributed by atoms with Crippen molar-refractivity contribution in [2.75, 3.05) is 13.1 Å². The van der Waals surface area contributed by atoms with Crippen LogP contribution >= 0.6 is 36.2 Å². The molecule has 1 aliphatic heterocycles. The minimum atomic E-state index is -0.105. The van der Waals surface area contributed by atoms with Crippen LogP contribution in [0, 0.1) is 0 Å². The number of benzene rings is 1. The Bertz CT molecular complexity index is 577. The molecule has 1 aromatic heterocycles. The van der Waals surface area contributed by atoms with E-state index in [1.807, 2.05) is 6.07 Å². The van der Waals surface area contributed by atoms with Gasteiger partial charge in [0.05, 0.1) is 5.51 Å². The van der Waals surface area contributed by atoms with Gasteiger partial charge < -0.3 is 10.6 Å². The molecule has 1 aromatic carbocycles. The molecule has 0 saturated carbocycles. The monoisotopic (exact) mass is 345 g/mol. The summed E-state index contributed by atoms with van der Waals surface area (Å²) in [6, 6.07) is 8.58. The van der Waals surface area contributed by atoms with Crippen molar-refractivity contribution in [2.45, 2.75) is 12.5 Å². The number of hydrogen-bond acceptors (Lipinski definition) is 4. The summed E-state index contributed by atoms with van der Waals surface area (Å²) in [5.41, 5.74) is 4.82. The molecule has 1 amide bonds. The van der Waals surface area contributed by atoms with E-state index >= 15 is 0 Å². The third-order valence-electron chi connectivity index (χ3n) is 3.35. The molecule has 0 saturated heterocycles. The lowest BCUT2D eigenvalue weighted by Crippen LogP contribution is -2.38. The number of carbonyl (C=O) groups excluding carboxylic acids is 1. The summed E-state index contributed by atoms with van der Waals surface area (Å²) in [6.07, 6.45) is 1.05. The lowest BCUT2D eigenvalue weighted by atomic mass is 9.94. The largest absolute Gasteiger partial charge is 0.349 e. The van der Waals surface area contributed by atoms with Crippen LogP contribution in [0.1, 0.15) is 27.7 Å². The maximum absolute atomic E-state index is 11.9. The highest BCUT2D eigenvalue weighted by Crippen LogP contribution is 2.21. The van der Waals surface area contributed by atoms with Gasteiger partial charge in [0.2, 0.25) is 0 Å². The fourth-order valence-corrected chi connectivity index (χ4v) is 2.92. The van der Waals surface area contributed by atoms with E-state index in [4.69, 9.17) is 0 Å². The fourth-order valence-electron chi connectivity index (χ4n) is 2.38. The van der Waals surface area contributed by atoms with E-state index in [0.29, 0.717) is 12.2 Å². The number of hydrogen-bond donors (Lipinski definition) is 2. The molecule has 2 N–H and O–H groups in total. The summed E-state index contributed by atoms with van der Waals surface area (Å²) in [6.45, 7) is 1.54. The first-order chi connectivity index (χ1) is 9.34. The average Bonchev–Trinajstić information content (AvgIpc) is 2.99. The number of carbonyl (C=O) groups is 1. The highest BCUT2D eigenvalue weighted by atomic mass is 35.5. The summed E-state index contributed by atoms with van der Waals surface area (Å²) in [5.74, 6) is -0.105. The molecule has 3 rings (SSSR count). The number of fused-ring (bicyclic) bond motifs is 1. The summed E-state index contributed by atoms with van der Waals surface area (Å²) >= 11 is 1.43. The van der Waals surface area contributed by atoms with Crippen molar-refractivity contribution < 1.29 is 4.79 Å². The van der Waals surface area contributed by atoms with Crippen LogP contribution in [-0.2, 0) is 6.42 Å². The molecule has 1 aliphatic rings. The van der Waals surface area contributed by atoms with E-state index in [9.17, 15) is 4.79 Å². The van der Waals surface area contributed by atoms with Crippen molar-refractivity contribution in [3.63, 3.8) is 0 Å². The zero-order valence-corrected chi connectivity index (χ0v) is 13.7. The van der Waals surface area contributed by atoms with Crippen molar-refractivity contribution in [3.05, 3.63) is 52.0 Å². The quantitative estimate of drug-likeness (QED) is 0.898. The second-order valence-corrected chi connectivity index (χ2v) is 5.26. The molecular formula is C14H17Cl2N3OS. The highest BCUT2D eigenvalue weighted by Gasteiger charge is 2.19. The Balaban J connectivity index is 0.00000110. The maximum atomic E-state index is 11.9. The third kappa shape index (κ3) is 4.17. The van der Waals surface area contributed by atoms with Crippen LogP contribution in [0.3, 0.4) is 0 Å². The van der Waals surface area contributed by atoms with Crippen molar-refractivity contribution >= 4 is 42.1 Å².